The van der Waals surface area contributed by atoms with Crippen LogP contribution in [0.15, 0.2) is 52.0 Å². The summed E-state index contributed by atoms with van der Waals surface area (Å²) in [6, 6.07) is 11.0. The van der Waals surface area contributed by atoms with Crippen molar-refractivity contribution in [2.24, 2.45) is 0 Å². The molecule has 2 amide bonds. The summed E-state index contributed by atoms with van der Waals surface area (Å²) in [5, 5.41) is 0. The lowest BCUT2D eigenvalue weighted by Crippen LogP contribution is -2.39. The zero-order valence-corrected chi connectivity index (χ0v) is 19.1. The predicted molar refractivity (Wildman–Crippen MR) is 123 cm³/mol. The summed E-state index contributed by atoms with van der Waals surface area (Å²) in [6.45, 7) is 6.99. The van der Waals surface area contributed by atoms with Crippen LogP contribution in [0.5, 0.6) is 5.75 Å². The molecule has 0 atom stereocenters. The summed E-state index contributed by atoms with van der Waals surface area (Å²) >= 11 is 1.35. The van der Waals surface area contributed by atoms with Gasteiger partial charge in [0.15, 0.2) is 0 Å². The number of benzene rings is 1. The van der Waals surface area contributed by atoms with E-state index in [9.17, 15) is 9.59 Å². The first-order chi connectivity index (χ1) is 15.7. The smallest absolute Gasteiger partial charge is 0.267 e. The van der Waals surface area contributed by atoms with Gasteiger partial charge >= 0.3 is 0 Å². The lowest BCUT2D eigenvalue weighted by molar-refractivity contribution is -0.136. The summed E-state index contributed by atoms with van der Waals surface area (Å²) in [4.78, 5) is 30.7. The highest BCUT2D eigenvalue weighted by molar-refractivity contribution is 8.03. The first-order valence-electron chi connectivity index (χ1n) is 11.0. The molecule has 0 saturated carbocycles. The normalized spacial score (nSPS) is 17.5. The quantitative estimate of drug-likeness (QED) is 0.507. The van der Waals surface area contributed by atoms with Crippen LogP contribution in [0.1, 0.15) is 24.7 Å². The van der Waals surface area contributed by atoms with Crippen molar-refractivity contribution in [2.45, 2.75) is 19.1 Å². The SMILES string of the molecule is CCOc1ccc(C2=C(SCc3ccco3)C(=O)N(CCCN3CCOCC3)C2=O)cc1. The maximum absolute atomic E-state index is 13.3. The Bertz CT molecular complexity index is 949. The number of morpholine rings is 1. The Morgan fingerprint density at radius 2 is 1.81 bits per heavy atom. The van der Waals surface area contributed by atoms with E-state index < -0.39 is 0 Å². The summed E-state index contributed by atoms with van der Waals surface area (Å²) in [7, 11) is 0. The molecular formula is C24H28N2O5S. The number of ether oxygens (including phenoxy) is 2. The zero-order chi connectivity index (χ0) is 22.3. The lowest BCUT2D eigenvalue weighted by atomic mass is 10.1. The molecule has 0 unspecified atom stereocenters. The summed E-state index contributed by atoms with van der Waals surface area (Å²) in [6.07, 6.45) is 2.35. The van der Waals surface area contributed by atoms with E-state index in [0.29, 0.717) is 29.4 Å². The Hall–Kier alpha value is -2.55. The number of amides is 2. The third-order valence-electron chi connectivity index (χ3n) is 5.48. The first kappa shape index (κ1) is 22.6. The van der Waals surface area contributed by atoms with Crippen LogP contribution >= 0.6 is 11.8 Å². The van der Waals surface area contributed by atoms with Crippen LogP contribution < -0.4 is 4.74 Å². The van der Waals surface area contributed by atoms with Crippen molar-refractivity contribution in [3.05, 3.63) is 58.9 Å². The molecule has 7 nitrogen and oxygen atoms in total. The molecule has 1 saturated heterocycles. The molecule has 2 aromatic rings. The third kappa shape index (κ3) is 5.26. The van der Waals surface area contributed by atoms with E-state index in [1.807, 2.05) is 43.3 Å². The van der Waals surface area contributed by atoms with Crippen molar-refractivity contribution in [3.63, 3.8) is 0 Å². The van der Waals surface area contributed by atoms with E-state index in [0.717, 1.165) is 56.3 Å². The summed E-state index contributed by atoms with van der Waals surface area (Å²) < 4.78 is 16.3. The van der Waals surface area contributed by atoms with Gasteiger partial charge in [0.25, 0.3) is 11.8 Å². The monoisotopic (exact) mass is 456 g/mol. The highest BCUT2D eigenvalue weighted by Crippen LogP contribution is 2.38. The Morgan fingerprint density at radius 1 is 1.03 bits per heavy atom. The molecule has 0 aliphatic carbocycles. The number of rotatable bonds is 10. The number of hydrogen-bond acceptors (Lipinski definition) is 7. The minimum atomic E-state index is -0.233. The Balaban J connectivity index is 1.50. The van der Waals surface area contributed by atoms with Gasteiger partial charge in [-0.2, -0.15) is 0 Å². The maximum Gasteiger partial charge on any atom is 0.267 e. The largest absolute Gasteiger partial charge is 0.494 e. The molecule has 0 bridgehead atoms. The van der Waals surface area contributed by atoms with Crippen molar-refractivity contribution in [3.8, 4) is 5.75 Å². The number of nitrogens with zero attached hydrogens (tertiary/aromatic N) is 2. The van der Waals surface area contributed by atoms with Crippen LogP contribution in [0.3, 0.4) is 0 Å². The average molecular weight is 457 g/mol. The number of carbonyl (C=O) groups excluding carboxylic acids is 2. The predicted octanol–water partition coefficient (Wildman–Crippen LogP) is 3.41. The molecule has 32 heavy (non-hydrogen) atoms. The maximum atomic E-state index is 13.3. The van der Waals surface area contributed by atoms with Gasteiger partial charge in [-0.05, 0) is 43.2 Å². The molecule has 2 aliphatic heterocycles. The van der Waals surface area contributed by atoms with Gasteiger partial charge in [-0.25, -0.2) is 0 Å². The third-order valence-corrected chi connectivity index (χ3v) is 6.57. The van der Waals surface area contributed by atoms with Crippen LogP contribution in [0.2, 0.25) is 0 Å². The first-order valence-corrected chi connectivity index (χ1v) is 11.9. The van der Waals surface area contributed by atoms with E-state index in [1.165, 1.54) is 16.7 Å². The van der Waals surface area contributed by atoms with Crippen LogP contribution in [0.4, 0.5) is 0 Å². The zero-order valence-electron chi connectivity index (χ0n) is 18.2. The minimum Gasteiger partial charge on any atom is -0.494 e. The van der Waals surface area contributed by atoms with Gasteiger partial charge in [0, 0.05) is 26.2 Å². The highest BCUT2D eigenvalue weighted by Gasteiger charge is 2.39. The van der Waals surface area contributed by atoms with Gasteiger partial charge < -0.3 is 13.9 Å². The molecule has 0 N–H and O–H groups in total. The molecule has 0 radical (unpaired) electrons. The van der Waals surface area contributed by atoms with E-state index in [4.69, 9.17) is 13.9 Å². The number of imide groups is 1. The molecule has 3 heterocycles. The molecule has 8 heteroatoms. The fourth-order valence-corrected chi connectivity index (χ4v) is 4.88. The Morgan fingerprint density at radius 3 is 2.50 bits per heavy atom. The molecular weight excluding hydrogens is 428 g/mol. The molecule has 170 valence electrons. The van der Waals surface area contributed by atoms with Gasteiger partial charge in [-0.15, -0.1) is 11.8 Å². The van der Waals surface area contributed by atoms with E-state index in [1.54, 1.807) is 6.26 Å². The van der Waals surface area contributed by atoms with Crippen molar-refractivity contribution in [1.82, 2.24) is 9.80 Å². The second kappa shape index (κ2) is 10.8. The second-order valence-corrected chi connectivity index (χ2v) is 8.58. The van der Waals surface area contributed by atoms with Crippen LogP contribution in [-0.2, 0) is 20.1 Å². The average Bonchev–Trinajstić information content (AvgIpc) is 3.41. The van der Waals surface area contributed by atoms with Crippen molar-refractivity contribution >= 4 is 29.1 Å². The van der Waals surface area contributed by atoms with Crippen molar-refractivity contribution < 1.29 is 23.5 Å². The Labute approximate surface area is 192 Å². The van der Waals surface area contributed by atoms with Gasteiger partial charge in [0.05, 0.1) is 42.3 Å². The summed E-state index contributed by atoms with van der Waals surface area (Å²) in [5.74, 6) is 1.53. The van der Waals surface area contributed by atoms with Gasteiger partial charge in [-0.3, -0.25) is 19.4 Å². The topological polar surface area (TPSA) is 72.2 Å². The van der Waals surface area contributed by atoms with Crippen LogP contribution in [-0.4, -0.2) is 67.6 Å². The fourth-order valence-electron chi connectivity index (χ4n) is 3.85. The highest BCUT2D eigenvalue weighted by atomic mass is 32.2. The molecule has 1 aromatic carbocycles. The van der Waals surface area contributed by atoms with Crippen LogP contribution in [0, 0.1) is 0 Å². The van der Waals surface area contributed by atoms with E-state index >= 15 is 0 Å². The molecule has 1 fully saturated rings. The fraction of sp³-hybridized carbons (Fsp3) is 0.417. The molecule has 1 aromatic heterocycles. The number of carbonyl (C=O) groups is 2. The van der Waals surface area contributed by atoms with E-state index in [-0.39, 0.29) is 11.8 Å². The summed E-state index contributed by atoms with van der Waals surface area (Å²) in [5.41, 5.74) is 1.19. The molecule has 4 rings (SSSR count). The van der Waals surface area contributed by atoms with Crippen molar-refractivity contribution in [1.29, 1.82) is 0 Å². The van der Waals surface area contributed by atoms with E-state index in [2.05, 4.69) is 4.90 Å². The number of hydrogen-bond donors (Lipinski definition) is 0. The Kier molecular flexibility index (Phi) is 7.68. The minimum absolute atomic E-state index is 0.225. The molecule has 2 aliphatic rings. The van der Waals surface area contributed by atoms with Crippen LogP contribution in [0.25, 0.3) is 5.57 Å². The number of thioether (sulfide) groups is 1. The number of furan rings is 1. The van der Waals surface area contributed by atoms with Crippen molar-refractivity contribution in [2.75, 3.05) is 46.0 Å². The standard InChI is InChI=1S/C24H28N2O5S/c1-2-30-19-8-6-18(7-9-19)21-22(32-17-20-5-3-14-31-20)24(28)26(23(21)27)11-4-10-25-12-15-29-16-13-25/h3,5-9,14H,2,4,10-13,15-17H2,1H3. The molecule has 0 spiro atoms. The lowest BCUT2D eigenvalue weighted by Gasteiger charge is -2.27. The van der Waals surface area contributed by atoms with Gasteiger partial charge in [0.2, 0.25) is 0 Å². The van der Waals surface area contributed by atoms with Gasteiger partial charge in [-0.1, -0.05) is 12.1 Å². The second-order valence-electron chi connectivity index (χ2n) is 7.60. The van der Waals surface area contributed by atoms with Gasteiger partial charge in [0.1, 0.15) is 11.5 Å².